The van der Waals surface area contributed by atoms with Gasteiger partial charge in [0.25, 0.3) is 0 Å². The molecule has 1 unspecified atom stereocenters. The number of alkyl halides is 1. The number of aromatic nitrogens is 1. The molecule has 0 radical (unpaired) electrons. The van der Waals surface area contributed by atoms with E-state index in [0.717, 1.165) is 4.47 Å². The number of pyridine rings is 1. The van der Waals surface area contributed by atoms with Crippen molar-refractivity contribution in [3.05, 3.63) is 28.5 Å². The Morgan fingerprint density at radius 2 is 2.30 bits per heavy atom. The molecule has 1 nitrogen and oxygen atoms in total. The highest BCUT2D eigenvalue weighted by molar-refractivity contribution is 9.10. The van der Waals surface area contributed by atoms with E-state index < -0.39 is 6.17 Å². The van der Waals surface area contributed by atoms with Gasteiger partial charge in [0, 0.05) is 22.4 Å². The van der Waals surface area contributed by atoms with Crippen LogP contribution in [0.25, 0.3) is 0 Å². The van der Waals surface area contributed by atoms with E-state index in [4.69, 9.17) is 0 Å². The Kier molecular flexibility index (Phi) is 2.38. The first-order valence-electron chi connectivity index (χ1n) is 2.94. The second-order valence-electron chi connectivity index (χ2n) is 2.05. The Labute approximate surface area is 67.4 Å². The Morgan fingerprint density at radius 1 is 1.60 bits per heavy atom. The predicted molar refractivity (Wildman–Crippen MR) is 41.5 cm³/mol. The molecule has 0 N–H and O–H groups in total. The fourth-order valence-corrected chi connectivity index (χ4v) is 1.03. The van der Waals surface area contributed by atoms with Crippen LogP contribution >= 0.6 is 15.9 Å². The topological polar surface area (TPSA) is 12.9 Å². The molecule has 10 heavy (non-hydrogen) atoms. The molecule has 0 amide bonds. The maximum absolute atomic E-state index is 12.6. The summed E-state index contributed by atoms with van der Waals surface area (Å²) in [4.78, 5) is 3.82. The fraction of sp³-hybridized carbons (Fsp3) is 0.286. The Bertz CT molecular complexity index is 225. The minimum absolute atomic E-state index is 0.606. The van der Waals surface area contributed by atoms with Crippen LogP contribution in [-0.2, 0) is 0 Å². The van der Waals surface area contributed by atoms with E-state index in [9.17, 15) is 4.39 Å². The summed E-state index contributed by atoms with van der Waals surface area (Å²) in [7, 11) is 0. The molecule has 1 atom stereocenters. The van der Waals surface area contributed by atoms with Crippen LogP contribution in [0, 0.1) is 0 Å². The van der Waals surface area contributed by atoms with Crippen molar-refractivity contribution in [1.29, 1.82) is 0 Å². The largest absolute Gasteiger partial charge is 0.263 e. The van der Waals surface area contributed by atoms with Gasteiger partial charge in [-0.2, -0.15) is 0 Å². The molecular formula is C7H7BrFN. The first-order valence-corrected chi connectivity index (χ1v) is 3.74. The van der Waals surface area contributed by atoms with E-state index in [0.29, 0.717) is 5.56 Å². The summed E-state index contributed by atoms with van der Waals surface area (Å²) in [6.45, 7) is 1.49. The molecule has 0 saturated heterocycles. The summed E-state index contributed by atoms with van der Waals surface area (Å²) in [5.74, 6) is 0. The molecule has 1 aromatic heterocycles. The van der Waals surface area contributed by atoms with Crippen molar-refractivity contribution in [2.24, 2.45) is 0 Å². The third kappa shape index (κ3) is 1.77. The van der Waals surface area contributed by atoms with Crippen molar-refractivity contribution in [2.75, 3.05) is 0 Å². The second kappa shape index (κ2) is 3.10. The van der Waals surface area contributed by atoms with Crippen LogP contribution in [0.1, 0.15) is 18.7 Å². The van der Waals surface area contributed by atoms with Gasteiger partial charge in [-0.1, -0.05) is 0 Å². The summed E-state index contributed by atoms with van der Waals surface area (Å²) in [6, 6.07) is 1.72. The van der Waals surface area contributed by atoms with E-state index in [1.807, 2.05) is 0 Å². The molecule has 1 rings (SSSR count). The Hall–Kier alpha value is -0.440. The van der Waals surface area contributed by atoms with Crippen LogP contribution in [-0.4, -0.2) is 4.98 Å². The third-order valence-corrected chi connectivity index (χ3v) is 1.62. The second-order valence-corrected chi connectivity index (χ2v) is 2.97. The summed E-state index contributed by atoms with van der Waals surface area (Å²) in [5, 5.41) is 0. The Morgan fingerprint density at radius 3 is 2.70 bits per heavy atom. The van der Waals surface area contributed by atoms with Crippen LogP contribution in [0.5, 0.6) is 0 Å². The molecule has 1 heterocycles. The molecule has 1 aromatic rings. The maximum atomic E-state index is 12.6. The first-order chi connectivity index (χ1) is 4.70. The summed E-state index contributed by atoms with van der Waals surface area (Å²) in [5.41, 5.74) is 0.606. The molecule has 0 saturated carbocycles. The van der Waals surface area contributed by atoms with Gasteiger partial charge in [-0.05, 0) is 28.9 Å². The standard InChI is InChI=1S/C7H7BrFN/c1-5(9)6-2-7(8)4-10-3-6/h2-5H,1H3. The van der Waals surface area contributed by atoms with E-state index in [1.165, 1.54) is 13.1 Å². The zero-order chi connectivity index (χ0) is 7.56. The lowest BCUT2D eigenvalue weighted by Crippen LogP contribution is -1.85. The molecule has 0 aliphatic carbocycles. The number of nitrogens with zero attached hydrogens (tertiary/aromatic N) is 1. The van der Waals surface area contributed by atoms with Crippen LogP contribution in [0.3, 0.4) is 0 Å². The number of hydrogen-bond acceptors (Lipinski definition) is 1. The molecule has 0 spiro atoms. The van der Waals surface area contributed by atoms with Crippen molar-refractivity contribution in [2.45, 2.75) is 13.1 Å². The van der Waals surface area contributed by atoms with Crippen LogP contribution < -0.4 is 0 Å². The van der Waals surface area contributed by atoms with Gasteiger partial charge in [0.1, 0.15) is 6.17 Å². The highest BCUT2D eigenvalue weighted by Crippen LogP contribution is 2.18. The van der Waals surface area contributed by atoms with E-state index in [2.05, 4.69) is 20.9 Å². The summed E-state index contributed by atoms with van der Waals surface area (Å²) in [6.07, 6.45) is 2.21. The van der Waals surface area contributed by atoms with Gasteiger partial charge < -0.3 is 0 Å². The smallest absolute Gasteiger partial charge is 0.124 e. The van der Waals surface area contributed by atoms with Gasteiger partial charge in [0.15, 0.2) is 0 Å². The van der Waals surface area contributed by atoms with Gasteiger partial charge in [-0.3, -0.25) is 4.98 Å². The van der Waals surface area contributed by atoms with Crippen molar-refractivity contribution < 1.29 is 4.39 Å². The monoisotopic (exact) mass is 203 g/mol. The lowest BCUT2D eigenvalue weighted by atomic mass is 10.2. The first kappa shape index (κ1) is 7.66. The van der Waals surface area contributed by atoms with Gasteiger partial charge in [-0.15, -0.1) is 0 Å². The van der Waals surface area contributed by atoms with Gasteiger partial charge in [0.2, 0.25) is 0 Å². The molecule has 3 heteroatoms. The van der Waals surface area contributed by atoms with Crippen molar-refractivity contribution in [3.63, 3.8) is 0 Å². The molecule has 0 fully saturated rings. The molecule has 0 bridgehead atoms. The molecule has 0 aromatic carbocycles. The number of rotatable bonds is 1. The lowest BCUT2D eigenvalue weighted by Gasteiger charge is -1.99. The van der Waals surface area contributed by atoms with Crippen molar-refractivity contribution >= 4 is 15.9 Å². The fourth-order valence-electron chi connectivity index (χ4n) is 0.646. The van der Waals surface area contributed by atoms with E-state index in [-0.39, 0.29) is 0 Å². The molecule has 0 aliphatic rings. The zero-order valence-electron chi connectivity index (χ0n) is 5.51. The van der Waals surface area contributed by atoms with E-state index >= 15 is 0 Å². The van der Waals surface area contributed by atoms with Gasteiger partial charge >= 0.3 is 0 Å². The minimum atomic E-state index is -0.940. The summed E-state index contributed by atoms with van der Waals surface area (Å²) < 4.78 is 13.4. The average Bonchev–Trinajstić information content (AvgIpc) is 1.88. The third-order valence-electron chi connectivity index (χ3n) is 1.19. The zero-order valence-corrected chi connectivity index (χ0v) is 7.10. The summed E-state index contributed by atoms with van der Waals surface area (Å²) >= 11 is 3.20. The lowest BCUT2D eigenvalue weighted by molar-refractivity contribution is 0.373. The SMILES string of the molecule is CC(F)c1cncc(Br)c1. The Balaban J connectivity index is 2.96. The van der Waals surface area contributed by atoms with Crippen molar-refractivity contribution in [1.82, 2.24) is 4.98 Å². The predicted octanol–water partition coefficient (Wildman–Crippen LogP) is 2.87. The quantitative estimate of drug-likeness (QED) is 0.685. The highest BCUT2D eigenvalue weighted by Gasteiger charge is 2.01. The normalized spacial score (nSPS) is 13.1. The highest BCUT2D eigenvalue weighted by atomic mass is 79.9. The average molecular weight is 204 g/mol. The van der Waals surface area contributed by atoms with Crippen LogP contribution in [0.4, 0.5) is 4.39 Å². The van der Waals surface area contributed by atoms with Crippen LogP contribution in [0.2, 0.25) is 0 Å². The number of hydrogen-bond donors (Lipinski definition) is 0. The minimum Gasteiger partial charge on any atom is -0.263 e. The van der Waals surface area contributed by atoms with Gasteiger partial charge in [0.05, 0.1) is 0 Å². The van der Waals surface area contributed by atoms with Gasteiger partial charge in [-0.25, -0.2) is 4.39 Å². The number of halogens is 2. The van der Waals surface area contributed by atoms with E-state index in [1.54, 1.807) is 12.3 Å². The molecular weight excluding hydrogens is 197 g/mol. The maximum Gasteiger partial charge on any atom is 0.124 e. The van der Waals surface area contributed by atoms with Crippen molar-refractivity contribution in [3.8, 4) is 0 Å². The molecule has 0 aliphatic heterocycles. The molecule has 54 valence electrons. The van der Waals surface area contributed by atoms with Crippen LogP contribution in [0.15, 0.2) is 22.9 Å².